The van der Waals surface area contributed by atoms with E-state index in [1.54, 1.807) is 44.9 Å². The molecule has 9 rings (SSSR count). The van der Waals surface area contributed by atoms with Gasteiger partial charge in [-0.3, -0.25) is 9.98 Å². The van der Waals surface area contributed by atoms with Gasteiger partial charge in [0.25, 0.3) is 0 Å². The predicted molar refractivity (Wildman–Crippen MR) is 214 cm³/mol. The maximum Gasteiger partial charge on any atom is 0.168 e. The van der Waals surface area contributed by atoms with Crippen molar-refractivity contribution in [3.63, 3.8) is 0 Å². The summed E-state index contributed by atoms with van der Waals surface area (Å²) in [7, 11) is 5.07. The lowest BCUT2D eigenvalue weighted by Crippen LogP contribution is -2.40. The molecule has 2 aliphatic carbocycles. The lowest BCUT2D eigenvalue weighted by atomic mass is 9.83. The summed E-state index contributed by atoms with van der Waals surface area (Å²) in [6, 6.07) is 0.797. The summed E-state index contributed by atoms with van der Waals surface area (Å²) >= 11 is 3.42. The second-order valence-corrected chi connectivity index (χ2v) is 16.6. The zero-order valence-corrected chi connectivity index (χ0v) is 32.4. The van der Waals surface area contributed by atoms with E-state index in [-0.39, 0.29) is 17.5 Å². The van der Waals surface area contributed by atoms with Crippen molar-refractivity contribution in [3.8, 4) is 28.7 Å². The Morgan fingerprint density at radius 3 is 1.85 bits per heavy atom. The van der Waals surface area contributed by atoms with Crippen molar-refractivity contribution in [1.82, 2.24) is 4.90 Å². The quantitative estimate of drug-likeness (QED) is 0.0841. The first-order chi connectivity index (χ1) is 25.4. The van der Waals surface area contributed by atoms with Crippen LogP contribution in [-0.4, -0.2) is 86.2 Å². The van der Waals surface area contributed by atoms with Crippen LogP contribution in [0.2, 0.25) is 0 Å². The first-order valence-corrected chi connectivity index (χ1v) is 20.6. The summed E-state index contributed by atoms with van der Waals surface area (Å²) in [4.78, 5) is 14.5. The molecular weight excluding hydrogens is 693 g/mol. The van der Waals surface area contributed by atoms with E-state index in [1.165, 1.54) is 0 Å². The number of nitrogens with one attached hydrogen (secondary N) is 1. The first-order valence-electron chi connectivity index (χ1n) is 18.6. The largest absolute Gasteiger partial charge is 0.505 e. The van der Waals surface area contributed by atoms with Gasteiger partial charge < -0.3 is 34.6 Å². The SMILES string of the molecule is CCN(CC)C1CCC(Nc2c(O)c3c4c(c(OC)c5c6c(OC)c7c(c8c(O)c(OC)c9c(c(c2C=C(C)C9)c35)c86)=NCCS7)SCCN=4)CC1. The highest BCUT2D eigenvalue weighted by molar-refractivity contribution is 7.99. The number of fused-ring (bicyclic) bond motifs is 5. The Bertz CT molecular complexity index is 2470. The number of nitrogens with zero attached hydrogens (tertiary/aromatic N) is 3. The fourth-order valence-corrected chi connectivity index (χ4v) is 11.8. The summed E-state index contributed by atoms with van der Waals surface area (Å²) in [6.07, 6.45) is 7.07. The van der Waals surface area contributed by atoms with E-state index in [9.17, 15) is 10.2 Å². The van der Waals surface area contributed by atoms with Crippen LogP contribution in [0.25, 0.3) is 49.2 Å². The van der Waals surface area contributed by atoms with E-state index in [2.05, 4.69) is 37.1 Å². The van der Waals surface area contributed by atoms with Crippen molar-refractivity contribution in [2.45, 2.75) is 74.7 Å². The minimum Gasteiger partial charge on any atom is -0.505 e. The van der Waals surface area contributed by atoms with Crippen molar-refractivity contribution in [1.29, 1.82) is 0 Å². The van der Waals surface area contributed by atoms with Gasteiger partial charge in [0.1, 0.15) is 17.2 Å². The Hall–Kier alpha value is -3.80. The van der Waals surface area contributed by atoms with E-state index in [1.807, 2.05) is 0 Å². The molecule has 0 bridgehead atoms. The molecule has 3 N–H and O–H groups in total. The monoisotopic (exact) mass is 738 g/mol. The number of allylic oxidation sites excluding steroid dienone is 1. The zero-order chi connectivity index (χ0) is 36.0. The Kier molecular flexibility index (Phi) is 8.47. The third-order valence-electron chi connectivity index (χ3n) is 11.9. The third-order valence-corrected chi connectivity index (χ3v) is 14.0. The Labute approximate surface area is 311 Å². The molecular formula is C41H46N4O5S2. The highest BCUT2D eigenvalue weighted by Gasteiger charge is 2.36. The van der Waals surface area contributed by atoms with Crippen LogP contribution in [0.1, 0.15) is 57.6 Å². The zero-order valence-electron chi connectivity index (χ0n) is 30.8. The standard InChI is InChI=1S/C41H46N4O5S2/c1-7-45(8-2)21-11-9-20(10-12-21)44-32-22-17-19(3)18-23-25-24(22)26-28(38(49-5)40-33(30(26)35(32)46)42-13-15-51-40)29-27(25)31(36(47)37(23)48-4)34-41(39(29)50-6)52-16-14-43-34/h17,20-21,44,46-47H,7-16,18H2,1-6H3. The summed E-state index contributed by atoms with van der Waals surface area (Å²) in [5, 5.41) is 37.4. The highest BCUT2D eigenvalue weighted by atomic mass is 32.2. The summed E-state index contributed by atoms with van der Waals surface area (Å²) < 4.78 is 18.9. The van der Waals surface area contributed by atoms with Gasteiger partial charge in [-0.05, 0) is 57.5 Å². The fourth-order valence-electron chi connectivity index (χ4n) is 9.74. The number of hydrogen-bond acceptors (Lipinski definition) is 11. The molecule has 4 aliphatic rings. The second kappa shape index (κ2) is 13.0. The summed E-state index contributed by atoms with van der Waals surface area (Å²) in [5.74, 6) is 3.84. The van der Waals surface area contributed by atoms with Crippen LogP contribution in [0.5, 0.6) is 28.7 Å². The van der Waals surface area contributed by atoms with Gasteiger partial charge >= 0.3 is 0 Å². The van der Waals surface area contributed by atoms with E-state index in [4.69, 9.17) is 24.2 Å². The van der Waals surface area contributed by atoms with Gasteiger partial charge in [0, 0.05) is 74.7 Å². The van der Waals surface area contributed by atoms with Gasteiger partial charge in [0.2, 0.25) is 0 Å². The number of phenols is 2. The van der Waals surface area contributed by atoms with Crippen LogP contribution >= 0.6 is 23.5 Å². The van der Waals surface area contributed by atoms with Crippen LogP contribution < -0.4 is 30.2 Å². The topological polar surface area (TPSA) is 108 Å². The van der Waals surface area contributed by atoms with Crippen molar-refractivity contribution in [2.75, 3.05) is 64.3 Å². The molecule has 11 heteroatoms. The number of ether oxygens (including phenoxy) is 3. The van der Waals surface area contributed by atoms with Crippen molar-refractivity contribution in [2.24, 2.45) is 9.98 Å². The normalized spacial score (nSPS) is 19.8. The van der Waals surface area contributed by atoms with Gasteiger partial charge in [0.05, 0.1) is 58.3 Å². The minimum atomic E-state index is 0.0991. The van der Waals surface area contributed by atoms with Gasteiger partial charge in [-0.1, -0.05) is 25.5 Å². The van der Waals surface area contributed by atoms with E-state index >= 15 is 0 Å². The molecule has 2 heterocycles. The molecule has 1 fully saturated rings. The Balaban J connectivity index is 1.49. The maximum absolute atomic E-state index is 12.8. The van der Waals surface area contributed by atoms with Crippen LogP contribution in [0.3, 0.4) is 0 Å². The second-order valence-electron chi connectivity index (χ2n) is 14.4. The van der Waals surface area contributed by atoms with E-state index in [0.717, 1.165) is 137 Å². The molecule has 0 aromatic heterocycles. The molecule has 5 aromatic carbocycles. The van der Waals surface area contributed by atoms with E-state index < -0.39 is 0 Å². The molecule has 272 valence electrons. The number of hydrogen-bond donors (Lipinski definition) is 3. The number of rotatable bonds is 8. The van der Waals surface area contributed by atoms with Crippen molar-refractivity contribution in [3.05, 3.63) is 27.4 Å². The average Bonchev–Trinajstić information content (AvgIpc) is 3.32. The molecule has 9 nitrogen and oxygen atoms in total. The Morgan fingerprint density at radius 1 is 0.731 bits per heavy atom. The fraction of sp³-hybridized carbons (Fsp3) is 0.463. The lowest BCUT2D eigenvalue weighted by Gasteiger charge is -2.36. The number of phenolic OH excluding ortho intramolecular Hbond substituents is 2. The Morgan fingerprint density at radius 2 is 1.29 bits per heavy atom. The maximum atomic E-state index is 12.8. The smallest absolute Gasteiger partial charge is 0.168 e. The van der Waals surface area contributed by atoms with Crippen molar-refractivity contribution < 1.29 is 24.4 Å². The molecule has 0 amide bonds. The molecule has 0 atom stereocenters. The van der Waals surface area contributed by atoms with Crippen LogP contribution in [0.4, 0.5) is 5.69 Å². The van der Waals surface area contributed by atoms with Crippen LogP contribution in [0, 0.1) is 0 Å². The molecule has 1 saturated carbocycles. The van der Waals surface area contributed by atoms with E-state index in [0.29, 0.717) is 42.4 Å². The average molecular weight is 739 g/mol. The van der Waals surface area contributed by atoms with Crippen LogP contribution in [-0.2, 0) is 6.42 Å². The molecule has 0 radical (unpaired) electrons. The highest BCUT2D eigenvalue weighted by Crippen LogP contribution is 2.58. The molecule has 0 saturated heterocycles. The molecule has 0 unspecified atom stereocenters. The van der Waals surface area contributed by atoms with Gasteiger partial charge in [-0.25, -0.2) is 0 Å². The molecule has 0 spiro atoms. The number of thioether (sulfide) groups is 2. The van der Waals surface area contributed by atoms with Crippen molar-refractivity contribution >= 4 is 78.4 Å². The van der Waals surface area contributed by atoms with Gasteiger partial charge in [-0.2, -0.15) is 0 Å². The molecule has 52 heavy (non-hydrogen) atoms. The minimum absolute atomic E-state index is 0.0991. The number of aromatic hydroxyl groups is 2. The lowest BCUT2D eigenvalue weighted by molar-refractivity contribution is 0.167. The predicted octanol–water partition coefficient (Wildman–Crippen LogP) is 7.65. The third kappa shape index (κ3) is 4.67. The number of benzene rings is 5. The first kappa shape index (κ1) is 34.0. The number of anilines is 1. The number of methoxy groups -OCH3 is 3. The van der Waals surface area contributed by atoms with Gasteiger partial charge in [-0.15, -0.1) is 23.5 Å². The summed E-state index contributed by atoms with van der Waals surface area (Å²) in [5.41, 5.74) is 3.71. The van der Waals surface area contributed by atoms with Crippen LogP contribution in [0.15, 0.2) is 25.3 Å². The molecule has 5 aromatic rings. The molecule has 2 aliphatic heterocycles. The summed E-state index contributed by atoms with van der Waals surface area (Å²) in [6.45, 7) is 10.0. The van der Waals surface area contributed by atoms with Gasteiger partial charge in [0.15, 0.2) is 11.5 Å².